The maximum atomic E-state index is 11.0. The van der Waals surface area contributed by atoms with Gasteiger partial charge in [0.1, 0.15) is 6.09 Å². The van der Waals surface area contributed by atoms with E-state index in [1.165, 1.54) is 37.0 Å². The molecule has 2 fully saturated rings. The number of hydrogen-bond donors (Lipinski definition) is 1. The Morgan fingerprint density at radius 1 is 1.18 bits per heavy atom. The third-order valence-corrected chi connectivity index (χ3v) is 4.40. The molecule has 1 aliphatic heterocycles. The molecule has 17 heavy (non-hydrogen) atoms. The van der Waals surface area contributed by atoms with E-state index in [1.54, 1.807) is 0 Å². The fourth-order valence-electron chi connectivity index (χ4n) is 3.47. The Morgan fingerprint density at radius 3 is 2.47 bits per heavy atom. The molecule has 0 aromatic rings. The first-order valence-electron chi connectivity index (χ1n) is 6.77. The van der Waals surface area contributed by atoms with E-state index >= 15 is 0 Å². The van der Waals surface area contributed by atoms with E-state index in [4.69, 9.17) is 0 Å². The second kappa shape index (κ2) is 5.71. The lowest BCUT2D eigenvalue weighted by Crippen LogP contribution is -2.51. The molecule has 98 valence electrons. The fourth-order valence-corrected chi connectivity index (χ4v) is 3.47. The molecule has 2 aliphatic rings. The number of likely N-dealkylation sites (tertiary alicyclic amines) is 1. The zero-order valence-electron chi connectivity index (χ0n) is 10.3. The van der Waals surface area contributed by atoms with Gasteiger partial charge in [-0.05, 0) is 24.2 Å². The normalized spacial score (nSPS) is 31.5. The van der Waals surface area contributed by atoms with Crippen LogP contribution in [0.2, 0.25) is 0 Å². The van der Waals surface area contributed by atoms with Gasteiger partial charge in [-0.15, -0.1) is 0 Å². The van der Waals surface area contributed by atoms with Crippen molar-refractivity contribution in [2.24, 2.45) is 17.8 Å². The highest BCUT2D eigenvalue weighted by molar-refractivity contribution is 5.62. The van der Waals surface area contributed by atoms with Crippen molar-refractivity contribution in [1.82, 2.24) is 4.90 Å². The average Bonchev–Trinajstić information content (AvgIpc) is 2.39. The standard InChI is InChI=1S/C13H23NO3/c15-9-10-6-12(8-14(7-10)13(16)17)11-4-2-1-3-5-11/h10-12,15H,1-9H2,(H,16,17)/p-1/t10-,12+/m1/s1. The second-order valence-electron chi connectivity index (χ2n) is 5.61. The smallest absolute Gasteiger partial charge is 0.136 e. The van der Waals surface area contributed by atoms with Crippen molar-refractivity contribution in [1.29, 1.82) is 0 Å². The van der Waals surface area contributed by atoms with Crippen LogP contribution in [0.5, 0.6) is 0 Å². The lowest BCUT2D eigenvalue weighted by Gasteiger charge is -2.42. The van der Waals surface area contributed by atoms with Gasteiger partial charge in [-0.2, -0.15) is 0 Å². The number of rotatable bonds is 2. The Bertz CT molecular complexity index is 263. The summed E-state index contributed by atoms with van der Waals surface area (Å²) in [5.41, 5.74) is 0. The highest BCUT2D eigenvalue weighted by atomic mass is 16.4. The van der Waals surface area contributed by atoms with E-state index in [-0.39, 0.29) is 12.5 Å². The van der Waals surface area contributed by atoms with Gasteiger partial charge in [0.05, 0.1) is 0 Å². The van der Waals surface area contributed by atoms with E-state index in [0.717, 1.165) is 6.42 Å². The number of amides is 1. The quantitative estimate of drug-likeness (QED) is 0.778. The minimum atomic E-state index is -1.08. The Hall–Kier alpha value is -0.770. The van der Waals surface area contributed by atoms with Gasteiger partial charge in [0, 0.05) is 19.7 Å². The summed E-state index contributed by atoms with van der Waals surface area (Å²) >= 11 is 0. The predicted molar refractivity (Wildman–Crippen MR) is 62.2 cm³/mol. The zero-order valence-corrected chi connectivity index (χ0v) is 10.3. The molecule has 1 saturated carbocycles. The number of nitrogens with zero attached hydrogens (tertiary/aromatic N) is 1. The molecule has 2 atom stereocenters. The molecule has 1 aliphatic carbocycles. The van der Waals surface area contributed by atoms with Gasteiger partial charge >= 0.3 is 0 Å². The molecular formula is C13H22NO3-. The first-order valence-corrected chi connectivity index (χ1v) is 6.77. The monoisotopic (exact) mass is 240 g/mol. The van der Waals surface area contributed by atoms with E-state index < -0.39 is 6.09 Å². The number of carboxylic acid groups (broad SMARTS) is 1. The van der Waals surface area contributed by atoms with Crippen LogP contribution >= 0.6 is 0 Å². The summed E-state index contributed by atoms with van der Waals surface area (Å²) in [5.74, 6) is 1.19. The molecule has 0 aromatic carbocycles. The molecule has 1 N–H and O–H groups in total. The van der Waals surface area contributed by atoms with Crippen LogP contribution in [0.15, 0.2) is 0 Å². The van der Waals surface area contributed by atoms with Crippen molar-refractivity contribution in [2.45, 2.75) is 38.5 Å². The summed E-state index contributed by atoms with van der Waals surface area (Å²) in [6.45, 7) is 1.15. The molecule has 4 heteroatoms. The van der Waals surface area contributed by atoms with Crippen LogP contribution in [0.3, 0.4) is 0 Å². The van der Waals surface area contributed by atoms with Crippen molar-refractivity contribution in [3.05, 3.63) is 0 Å². The summed E-state index contributed by atoms with van der Waals surface area (Å²) in [6, 6.07) is 0. The molecule has 4 nitrogen and oxygen atoms in total. The van der Waals surface area contributed by atoms with Gasteiger partial charge in [-0.3, -0.25) is 0 Å². The molecule has 0 radical (unpaired) electrons. The fraction of sp³-hybridized carbons (Fsp3) is 0.923. The zero-order chi connectivity index (χ0) is 12.3. The van der Waals surface area contributed by atoms with Crippen molar-refractivity contribution < 1.29 is 15.0 Å². The molecule has 1 heterocycles. The van der Waals surface area contributed by atoms with E-state index in [9.17, 15) is 15.0 Å². The van der Waals surface area contributed by atoms with Crippen LogP contribution < -0.4 is 5.11 Å². The van der Waals surface area contributed by atoms with E-state index in [2.05, 4.69) is 0 Å². The third-order valence-electron chi connectivity index (χ3n) is 4.40. The molecule has 1 saturated heterocycles. The summed E-state index contributed by atoms with van der Waals surface area (Å²) in [4.78, 5) is 12.4. The Kier molecular flexibility index (Phi) is 4.26. The minimum absolute atomic E-state index is 0.0903. The van der Waals surface area contributed by atoms with E-state index in [0.29, 0.717) is 24.9 Å². The van der Waals surface area contributed by atoms with Crippen molar-refractivity contribution in [3.63, 3.8) is 0 Å². The molecule has 0 spiro atoms. The van der Waals surface area contributed by atoms with Gasteiger partial charge < -0.3 is 19.9 Å². The Morgan fingerprint density at radius 2 is 1.88 bits per heavy atom. The van der Waals surface area contributed by atoms with Crippen LogP contribution in [0.1, 0.15) is 38.5 Å². The largest absolute Gasteiger partial charge is 0.530 e. The van der Waals surface area contributed by atoms with Crippen LogP contribution in [0.4, 0.5) is 4.79 Å². The lowest BCUT2D eigenvalue weighted by atomic mass is 9.74. The molecule has 0 bridgehead atoms. The molecular weight excluding hydrogens is 218 g/mol. The third kappa shape index (κ3) is 3.12. The highest BCUT2D eigenvalue weighted by Crippen LogP contribution is 2.36. The molecule has 1 amide bonds. The predicted octanol–water partition coefficient (Wildman–Crippen LogP) is 0.840. The van der Waals surface area contributed by atoms with Gasteiger partial charge in [-0.1, -0.05) is 32.1 Å². The SMILES string of the molecule is O=C([O-])N1C[C@H](CO)C[C@H](C2CCCCC2)C1. The summed E-state index contributed by atoms with van der Waals surface area (Å²) in [5, 5.41) is 20.2. The van der Waals surface area contributed by atoms with Crippen molar-refractivity contribution in [2.75, 3.05) is 19.7 Å². The van der Waals surface area contributed by atoms with Crippen LogP contribution in [-0.2, 0) is 0 Å². The number of hydrogen-bond acceptors (Lipinski definition) is 3. The topological polar surface area (TPSA) is 63.6 Å². The van der Waals surface area contributed by atoms with Crippen LogP contribution in [-0.4, -0.2) is 35.8 Å². The van der Waals surface area contributed by atoms with Gasteiger partial charge in [0.15, 0.2) is 0 Å². The molecule has 2 rings (SSSR count). The summed E-state index contributed by atoms with van der Waals surface area (Å²) in [6.07, 6.45) is 6.21. The Labute approximate surface area is 103 Å². The second-order valence-corrected chi connectivity index (χ2v) is 5.61. The summed E-state index contributed by atoms with van der Waals surface area (Å²) < 4.78 is 0. The molecule has 0 unspecified atom stereocenters. The van der Waals surface area contributed by atoms with Crippen LogP contribution in [0.25, 0.3) is 0 Å². The molecule has 0 aromatic heterocycles. The number of aliphatic hydroxyl groups excluding tert-OH is 1. The summed E-state index contributed by atoms with van der Waals surface area (Å²) in [7, 11) is 0. The number of aliphatic hydroxyl groups is 1. The van der Waals surface area contributed by atoms with Gasteiger partial charge in [-0.25, -0.2) is 0 Å². The minimum Gasteiger partial charge on any atom is -0.530 e. The highest BCUT2D eigenvalue weighted by Gasteiger charge is 2.32. The van der Waals surface area contributed by atoms with E-state index in [1.807, 2.05) is 0 Å². The van der Waals surface area contributed by atoms with Crippen LogP contribution in [0, 0.1) is 17.8 Å². The maximum absolute atomic E-state index is 11.0. The number of carbonyl (C=O) groups is 1. The number of carbonyl (C=O) groups excluding carboxylic acids is 1. The van der Waals surface area contributed by atoms with Crippen molar-refractivity contribution >= 4 is 6.09 Å². The van der Waals surface area contributed by atoms with Gasteiger partial charge in [0.25, 0.3) is 0 Å². The first-order chi connectivity index (χ1) is 8.20. The maximum Gasteiger partial charge on any atom is 0.136 e. The lowest BCUT2D eigenvalue weighted by molar-refractivity contribution is -0.268. The average molecular weight is 240 g/mol. The Balaban J connectivity index is 1.97. The number of piperidine rings is 1. The van der Waals surface area contributed by atoms with Gasteiger partial charge in [0.2, 0.25) is 0 Å². The van der Waals surface area contributed by atoms with Crippen molar-refractivity contribution in [3.8, 4) is 0 Å². The first kappa shape index (κ1) is 12.7.